The van der Waals surface area contributed by atoms with Crippen molar-refractivity contribution in [3.05, 3.63) is 23.5 Å². The highest BCUT2D eigenvalue weighted by molar-refractivity contribution is 7.89. The Morgan fingerprint density at radius 1 is 1.22 bits per heavy atom. The van der Waals surface area contributed by atoms with E-state index in [-0.39, 0.29) is 10.8 Å². The Balaban J connectivity index is 1.44. The molecule has 11 nitrogen and oxygen atoms in total. The van der Waals surface area contributed by atoms with Crippen LogP contribution in [-0.4, -0.2) is 77.2 Å². The predicted molar refractivity (Wildman–Crippen MR) is 133 cm³/mol. The third kappa shape index (κ3) is 4.14. The number of imidazole rings is 1. The fourth-order valence-corrected chi connectivity index (χ4v) is 7.13. The van der Waals surface area contributed by atoms with Gasteiger partial charge in [-0.05, 0) is 31.7 Å². The maximum absolute atomic E-state index is 13.6. The molecule has 3 aromatic heterocycles. The number of carbonyl (C=O) groups excluding carboxylic acids is 1. The van der Waals surface area contributed by atoms with Crippen LogP contribution in [0.4, 0.5) is 10.1 Å². The second-order valence-electron chi connectivity index (χ2n) is 10.0. The van der Waals surface area contributed by atoms with Gasteiger partial charge in [-0.3, -0.25) is 9.20 Å². The van der Waals surface area contributed by atoms with Crippen LogP contribution in [-0.2, 0) is 20.2 Å². The van der Waals surface area contributed by atoms with E-state index in [9.17, 15) is 22.9 Å². The third-order valence-corrected chi connectivity index (χ3v) is 10.1. The lowest BCUT2D eigenvalue weighted by Gasteiger charge is -2.36. The summed E-state index contributed by atoms with van der Waals surface area (Å²) in [6.07, 6.45) is 5.52. The zero-order valence-corrected chi connectivity index (χ0v) is 21.8. The summed E-state index contributed by atoms with van der Waals surface area (Å²) in [6, 6.07) is 3.90. The number of hydrogen-bond donors (Lipinski definition) is 1. The molecular weight excluding hydrogens is 519 g/mol. The molecule has 1 N–H and O–H groups in total. The van der Waals surface area contributed by atoms with Crippen LogP contribution in [0.5, 0.6) is 0 Å². The van der Waals surface area contributed by atoms with Crippen molar-refractivity contribution in [2.45, 2.75) is 48.5 Å². The molecule has 0 spiro atoms. The topological polar surface area (TPSA) is 137 Å². The second kappa shape index (κ2) is 8.44. The molecule has 1 saturated heterocycles. The van der Waals surface area contributed by atoms with Crippen LogP contribution in [0.2, 0.25) is 0 Å². The molecule has 14 heteroatoms. The van der Waals surface area contributed by atoms with Crippen LogP contribution in [0, 0.1) is 11.3 Å². The molecule has 3 aromatic rings. The van der Waals surface area contributed by atoms with Crippen LogP contribution in [0.15, 0.2) is 23.4 Å². The van der Waals surface area contributed by atoms with Crippen molar-refractivity contribution in [1.29, 1.82) is 5.26 Å². The van der Waals surface area contributed by atoms with E-state index < -0.39 is 27.7 Å². The standard InChI is InChI=1S/C23H25FN8O3S2/c1-15(33)30-6-8-31(9-7-30)17-10-16(37(34,35)29-23(13-24)4-5-23)12-32-18(17)11-26-19(32)20-27-28-21(36-20)22(14-25)2-3-22/h10-12,29H,2-9,13H2,1H3. The van der Waals surface area contributed by atoms with Crippen LogP contribution in [0.25, 0.3) is 16.3 Å². The van der Waals surface area contributed by atoms with E-state index in [1.54, 1.807) is 21.6 Å². The van der Waals surface area contributed by atoms with E-state index in [0.717, 1.165) is 12.8 Å². The largest absolute Gasteiger partial charge is 0.366 e. The Morgan fingerprint density at radius 2 is 1.95 bits per heavy atom. The normalized spacial score (nSPS) is 20.1. The summed E-state index contributed by atoms with van der Waals surface area (Å²) in [4.78, 5) is 20.1. The van der Waals surface area contributed by atoms with Gasteiger partial charge in [0.15, 0.2) is 10.8 Å². The molecule has 37 heavy (non-hydrogen) atoms. The molecule has 0 radical (unpaired) electrons. The van der Waals surface area contributed by atoms with Gasteiger partial charge in [-0.25, -0.2) is 22.5 Å². The number of rotatable bonds is 7. The molecule has 3 fully saturated rings. The van der Waals surface area contributed by atoms with E-state index in [0.29, 0.717) is 66.1 Å². The fraction of sp³-hybridized carbons (Fsp3) is 0.522. The number of amides is 1. The summed E-state index contributed by atoms with van der Waals surface area (Å²) in [6.45, 7) is 2.84. The maximum Gasteiger partial charge on any atom is 0.242 e. The predicted octanol–water partition coefficient (Wildman–Crippen LogP) is 1.86. The van der Waals surface area contributed by atoms with Crippen LogP contribution >= 0.6 is 11.3 Å². The van der Waals surface area contributed by atoms with Crippen molar-refractivity contribution in [3.63, 3.8) is 0 Å². The molecular formula is C23H25FN8O3S2. The number of piperazine rings is 1. The first kappa shape index (κ1) is 24.2. The Morgan fingerprint density at radius 3 is 2.54 bits per heavy atom. The Hall–Kier alpha value is -3.15. The van der Waals surface area contributed by atoms with E-state index in [1.807, 2.05) is 4.90 Å². The van der Waals surface area contributed by atoms with Gasteiger partial charge in [0.05, 0.1) is 29.0 Å². The lowest BCUT2D eigenvalue weighted by atomic mass is 10.1. The Labute approximate surface area is 217 Å². The van der Waals surface area contributed by atoms with Gasteiger partial charge in [0.2, 0.25) is 15.9 Å². The Kier molecular flexibility index (Phi) is 5.52. The number of alkyl halides is 1. The highest BCUT2D eigenvalue weighted by Crippen LogP contribution is 2.49. The van der Waals surface area contributed by atoms with Gasteiger partial charge in [-0.1, -0.05) is 11.3 Å². The summed E-state index contributed by atoms with van der Waals surface area (Å²) < 4.78 is 44.5. The minimum absolute atomic E-state index is 0.00389. The minimum Gasteiger partial charge on any atom is -0.366 e. The van der Waals surface area contributed by atoms with Gasteiger partial charge in [-0.2, -0.15) is 5.26 Å². The molecule has 0 unspecified atom stereocenters. The van der Waals surface area contributed by atoms with Gasteiger partial charge in [0.1, 0.15) is 22.0 Å². The van der Waals surface area contributed by atoms with Crippen molar-refractivity contribution in [3.8, 4) is 16.9 Å². The number of pyridine rings is 1. The van der Waals surface area contributed by atoms with Crippen LogP contribution in [0.3, 0.4) is 0 Å². The first-order valence-corrected chi connectivity index (χ1v) is 14.4. The summed E-state index contributed by atoms with van der Waals surface area (Å²) in [5, 5.41) is 19.2. The van der Waals surface area contributed by atoms with Crippen molar-refractivity contribution in [1.82, 2.24) is 29.2 Å². The summed E-state index contributed by atoms with van der Waals surface area (Å²) in [5.74, 6) is 0.413. The third-order valence-electron chi connectivity index (χ3n) is 7.42. The first-order valence-electron chi connectivity index (χ1n) is 12.1. The zero-order chi connectivity index (χ0) is 26.0. The molecule has 2 aliphatic carbocycles. The highest BCUT2D eigenvalue weighted by Gasteiger charge is 2.49. The number of nitrogens with zero attached hydrogens (tertiary/aromatic N) is 7. The fourth-order valence-electron chi connectivity index (χ4n) is 4.64. The maximum atomic E-state index is 13.6. The number of carbonyl (C=O) groups is 1. The number of aromatic nitrogens is 4. The number of sulfonamides is 1. The van der Waals surface area contributed by atoms with Crippen molar-refractivity contribution in [2.24, 2.45) is 0 Å². The van der Waals surface area contributed by atoms with Gasteiger partial charge in [-0.15, -0.1) is 10.2 Å². The van der Waals surface area contributed by atoms with Crippen molar-refractivity contribution in [2.75, 3.05) is 37.8 Å². The quantitative estimate of drug-likeness (QED) is 0.476. The average molecular weight is 545 g/mol. The molecule has 4 heterocycles. The van der Waals surface area contributed by atoms with E-state index in [2.05, 4.69) is 26.0 Å². The highest BCUT2D eigenvalue weighted by atomic mass is 32.2. The molecule has 0 aromatic carbocycles. The number of anilines is 1. The summed E-state index contributed by atoms with van der Waals surface area (Å²) >= 11 is 1.28. The minimum atomic E-state index is -4.04. The molecule has 194 valence electrons. The SMILES string of the molecule is CC(=O)N1CCN(c2cc(S(=O)(=O)NC3(CF)CC3)cn3c(-c4nnc(C5(C#N)CC5)s4)ncc23)CC1. The number of nitrogens with one attached hydrogen (secondary N) is 1. The van der Waals surface area contributed by atoms with Gasteiger partial charge in [0, 0.05) is 39.3 Å². The van der Waals surface area contributed by atoms with E-state index >= 15 is 0 Å². The smallest absolute Gasteiger partial charge is 0.242 e. The molecule has 0 bridgehead atoms. The Bertz CT molecular complexity index is 1540. The number of halogens is 1. The van der Waals surface area contributed by atoms with Crippen molar-refractivity contribution < 1.29 is 17.6 Å². The molecule has 6 rings (SSSR count). The molecule has 1 amide bonds. The van der Waals surface area contributed by atoms with Crippen LogP contribution in [0.1, 0.15) is 37.6 Å². The number of nitriles is 1. The number of hydrogen-bond acceptors (Lipinski definition) is 9. The summed E-state index contributed by atoms with van der Waals surface area (Å²) in [7, 11) is -4.04. The van der Waals surface area contributed by atoms with Gasteiger partial charge >= 0.3 is 0 Å². The van der Waals surface area contributed by atoms with Gasteiger partial charge < -0.3 is 9.80 Å². The van der Waals surface area contributed by atoms with Crippen molar-refractivity contribution >= 4 is 38.5 Å². The molecule has 1 aliphatic heterocycles. The monoisotopic (exact) mass is 544 g/mol. The number of fused-ring (bicyclic) bond motifs is 1. The average Bonchev–Trinajstić information content (AvgIpc) is 3.75. The lowest BCUT2D eigenvalue weighted by molar-refractivity contribution is -0.129. The first-order chi connectivity index (χ1) is 17.7. The second-order valence-corrected chi connectivity index (χ2v) is 12.7. The molecule has 3 aliphatic rings. The molecule has 2 saturated carbocycles. The lowest BCUT2D eigenvalue weighted by Crippen LogP contribution is -2.48. The molecule has 0 atom stereocenters. The summed E-state index contributed by atoms with van der Waals surface area (Å²) in [5.41, 5.74) is -0.304. The van der Waals surface area contributed by atoms with Crippen LogP contribution < -0.4 is 9.62 Å². The van der Waals surface area contributed by atoms with Gasteiger partial charge in [0.25, 0.3) is 0 Å². The zero-order valence-electron chi connectivity index (χ0n) is 20.1. The van der Waals surface area contributed by atoms with E-state index in [4.69, 9.17) is 0 Å². The van der Waals surface area contributed by atoms with E-state index in [1.165, 1.54) is 24.5 Å².